The van der Waals surface area contributed by atoms with Gasteiger partial charge in [-0.1, -0.05) is 35.4 Å². The molecule has 1 aromatic carbocycles. The number of hydrogen-bond donors (Lipinski definition) is 1. The second-order valence-corrected chi connectivity index (χ2v) is 1.91. The predicted molar refractivity (Wildman–Crippen MR) is 34.0 cm³/mol. The Labute approximate surface area is 63.5 Å². The van der Waals surface area contributed by atoms with Crippen LogP contribution in [0.3, 0.4) is 0 Å². The molecule has 0 amide bonds. The molecule has 0 saturated carbocycles. The number of rotatable bonds is 3. The highest BCUT2D eigenvalue weighted by Crippen LogP contribution is 2.09. The molecule has 0 aromatic heterocycles. The molecule has 0 radical (unpaired) electrons. The molecule has 0 saturated heterocycles. The maximum absolute atomic E-state index is 10.8. The predicted octanol–water partition coefficient (Wildman–Crippen LogP) is 0.467. The lowest BCUT2D eigenvalue weighted by Gasteiger charge is -2.18. The molecule has 0 heterocycles. The lowest BCUT2D eigenvalue weighted by atomic mass is 10.2. The van der Waals surface area contributed by atoms with Crippen LogP contribution in [0.5, 0.6) is 0 Å². The molecule has 1 atom stereocenters. The van der Waals surface area contributed by atoms with Crippen LogP contribution in [0.25, 0.3) is 0 Å². The Balaban J connectivity index is 2.61. The van der Waals surface area contributed by atoms with Crippen LogP contribution in [0.2, 0.25) is 0 Å². The molecule has 11 heavy (non-hydrogen) atoms. The maximum atomic E-state index is 10.8. The van der Waals surface area contributed by atoms with Gasteiger partial charge in [0.25, 0.3) is 0 Å². The van der Waals surface area contributed by atoms with E-state index in [9.17, 15) is 5.11 Å². The molecule has 4 nitrogen and oxygen atoms in total. The summed E-state index contributed by atoms with van der Waals surface area (Å²) < 4.78 is 0. The van der Waals surface area contributed by atoms with Crippen molar-refractivity contribution in [3.63, 3.8) is 0 Å². The molecule has 0 aliphatic rings. The second kappa shape index (κ2) is 4.05. The van der Waals surface area contributed by atoms with Gasteiger partial charge in [-0.25, -0.2) is 10.1 Å². The van der Waals surface area contributed by atoms with Crippen molar-refractivity contribution in [2.24, 2.45) is 0 Å². The normalized spacial score (nSPS) is 12.9. The molecule has 1 unspecified atom stereocenters. The fourth-order valence-corrected chi connectivity index (χ4v) is 0.705. The number of benzene rings is 1. The van der Waals surface area contributed by atoms with Crippen molar-refractivity contribution in [2.75, 3.05) is 0 Å². The third-order valence-electron chi connectivity index (χ3n) is 1.20. The summed E-state index contributed by atoms with van der Waals surface area (Å²) >= 11 is 0. The summed E-state index contributed by atoms with van der Waals surface area (Å²) in [5.41, 5.74) is 0.404. The SMILES string of the molecule is [O-]C(OOO)c1ccccc1. The summed E-state index contributed by atoms with van der Waals surface area (Å²) in [6.07, 6.45) is -1.50. The zero-order valence-corrected chi connectivity index (χ0v) is 5.64. The first-order valence-corrected chi connectivity index (χ1v) is 3.02. The third kappa shape index (κ3) is 2.28. The molecular weight excluding hydrogens is 148 g/mol. The smallest absolute Gasteiger partial charge is 0.0473 e. The first kappa shape index (κ1) is 8.16. The molecule has 0 fully saturated rings. The van der Waals surface area contributed by atoms with Gasteiger partial charge in [0.15, 0.2) is 0 Å². The summed E-state index contributed by atoms with van der Waals surface area (Å²) in [7, 11) is 0. The van der Waals surface area contributed by atoms with E-state index < -0.39 is 6.29 Å². The van der Waals surface area contributed by atoms with E-state index in [0.29, 0.717) is 5.56 Å². The first-order chi connectivity index (χ1) is 5.34. The highest BCUT2D eigenvalue weighted by atomic mass is 17.5. The molecule has 1 N–H and O–H groups in total. The van der Waals surface area contributed by atoms with E-state index in [1.54, 1.807) is 30.3 Å². The zero-order chi connectivity index (χ0) is 8.10. The van der Waals surface area contributed by atoms with Crippen molar-refractivity contribution in [3.05, 3.63) is 35.9 Å². The largest absolute Gasteiger partial charge is 0.825 e. The molecule has 0 aliphatic carbocycles. The van der Waals surface area contributed by atoms with Crippen LogP contribution in [-0.4, -0.2) is 5.26 Å². The van der Waals surface area contributed by atoms with Gasteiger partial charge < -0.3 is 5.11 Å². The zero-order valence-electron chi connectivity index (χ0n) is 5.64. The van der Waals surface area contributed by atoms with Gasteiger partial charge in [0, 0.05) is 6.29 Å². The van der Waals surface area contributed by atoms with E-state index in [1.165, 1.54) is 0 Å². The minimum Gasteiger partial charge on any atom is -0.825 e. The molecular formula is C7H7O4-. The Kier molecular flexibility index (Phi) is 3.00. The summed E-state index contributed by atoms with van der Waals surface area (Å²) in [4.78, 5) is 3.93. The molecule has 1 rings (SSSR count). The van der Waals surface area contributed by atoms with E-state index in [-0.39, 0.29) is 0 Å². The van der Waals surface area contributed by atoms with Crippen molar-refractivity contribution >= 4 is 0 Å². The van der Waals surface area contributed by atoms with Crippen LogP contribution >= 0.6 is 0 Å². The average molecular weight is 155 g/mol. The highest BCUT2D eigenvalue weighted by Gasteiger charge is 1.96. The number of hydrogen-bond acceptors (Lipinski definition) is 4. The Bertz CT molecular complexity index is 199. The van der Waals surface area contributed by atoms with E-state index in [4.69, 9.17) is 5.26 Å². The lowest BCUT2D eigenvalue weighted by Crippen LogP contribution is -2.18. The van der Waals surface area contributed by atoms with Gasteiger partial charge in [0.05, 0.1) is 0 Å². The standard InChI is InChI=1S/C7H7O4/c8-7(10-11-9)6-4-2-1-3-5-6/h1-5,7,9H/q-1. The average Bonchev–Trinajstić information content (AvgIpc) is 2.07. The van der Waals surface area contributed by atoms with Crippen LogP contribution in [-0.2, 0) is 9.93 Å². The van der Waals surface area contributed by atoms with E-state index in [2.05, 4.69) is 9.93 Å². The van der Waals surface area contributed by atoms with Crippen LogP contribution in [0.1, 0.15) is 11.9 Å². The minimum absolute atomic E-state index is 0.404. The summed E-state index contributed by atoms with van der Waals surface area (Å²) in [5, 5.41) is 21.8. The van der Waals surface area contributed by atoms with E-state index in [1.807, 2.05) is 0 Å². The van der Waals surface area contributed by atoms with Gasteiger partial charge in [-0.2, -0.15) is 0 Å². The van der Waals surface area contributed by atoms with Gasteiger partial charge in [-0.05, 0) is 5.56 Å². The van der Waals surface area contributed by atoms with Crippen LogP contribution < -0.4 is 5.11 Å². The Morgan fingerprint density at radius 1 is 1.27 bits per heavy atom. The first-order valence-electron chi connectivity index (χ1n) is 3.02. The van der Waals surface area contributed by atoms with Gasteiger partial charge in [0.1, 0.15) is 0 Å². The van der Waals surface area contributed by atoms with Gasteiger partial charge >= 0.3 is 0 Å². The van der Waals surface area contributed by atoms with Crippen molar-refractivity contribution in [1.82, 2.24) is 0 Å². The lowest BCUT2D eigenvalue weighted by molar-refractivity contribution is -0.628. The Hall–Kier alpha value is -0.940. The summed E-state index contributed by atoms with van der Waals surface area (Å²) in [5.74, 6) is 0. The monoisotopic (exact) mass is 155 g/mol. The summed E-state index contributed by atoms with van der Waals surface area (Å²) in [6, 6.07) is 8.32. The Morgan fingerprint density at radius 2 is 1.91 bits per heavy atom. The van der Waals surface area contributed by atoms with E-state index in [0.717, 1.165) is 0 Å². The fourth-order valence-electron chi connectivity index (χ4n) is 0.705. The van der Waals surface area contributed by atoms with Crippen molar-refractivity contribution in [2.45, 2.75) is 6.29 Å². The fraction of sp³-hybridized carbons (Fsp3) is 0.143. The van der Waals surface area contributed by atoms with Gasteiger partial charge in [-0.3, -0.25) is 0 Å². The quantitative estimate of drug-likeness (QED) is 0.391. The summed E-state index contributed by atoms with van der Waals surface area (Å²) in [6.45, 7) is 0. The topological polar surface area (TPSA) is 61.8 Å². The molecule has 4 heteroatoms. The van der Waals surface area contributed by atoms with Crippen molar-refractivity contribution in [3.8, 4) is 0 Å². The molecule has 0 aliphatic heterocycles. The van der Waals surface area contributed by atoms with Crippen molar-refractivity contribution < 1.29 is 20.3 Å². The van der Waals surface area contributed by atoms with Crippen molar-refractivity contribution in [1.29, 1.82) is 0 Å². The van der Waals surface area contributed by atoms with E-state index >= 15 is 0 Å². The second-order valence-electron chi connectivity index (χ2n) is 1.91. The molecule has 60 valence electrons. The van der Waals surface area contributed by atoms with Crippen LogP contribution in [0.15, 0.2) is 30.3 Å². The molecule has 0 bridgehead atoms. The third-order valence-corrected chi connectivity index (χ3v) is 1.20. The Morgan fingerprint density at radius 3 is 2.45 bits per heavy atom. The van der Waals surface area contributed by atoms with Crippen LogP contribution in [0, 0.1) is 0 Å². The maximum Gasteiger partial charge on any atom is 0.0473 e. The minimum atomic E-state index is -1.50. The molecule has 0 spiro atoms. The molecule has 1 aromatic rings. The highest BCUT2D eigenvalue weighted by molar-refractivity contribution is 5.14. The van der Waals surface area contributed by atoms with Gasteiger partial charge in [0.2, 0.25) is 0 Å². The van der Waals surface area contributed by atoms with Crippen LogP contribution in [0.4, 0.5) is 0 Å². The van der Waals surface area contributed by atoms with Gasteiger partial charge in [-0.15, -0.1) is 0 Å².